The van der Waals surface area contributed by atoms with Crippen molar-refractivity contribution in [3.05, 3.63) is 0 Å². The minimum atomic E-state index is 0.410. The molecule has 3 nitrogen and oxygen atoms in total. The molecule has 1 N–H and O–H groups in total. The zero-order chi connectivity index (χ0) is 12.3. The van der Waals surface area contributed by atoms with Crippen molar-refractivity contribution in [1.29, 1.82) is 0 Å². The number of thioether (sulfide) groups is 1. The molecular formula is C13H25N3S. The van der Waals surface area contributed by atoms with E-state index in [0.717, 1.165) is 13.1 Å². The molecule has 1 aliphatic carbocycles. The molecule has 0 aromatic rings. The number of nitrogens with one attached hydrogen (secondary N) is 1. The van der Waals surface area contributed by atoms with Gasteiger partial charge in [-0.25, -0.2) is 0 Å². The van der Waals surface area contributed by atoms with Gasteiger partial charge in [0.15, 0.2) is 5.17 Å². The molecule has 4 heteroatoms. The zero-order valence-corrected chi connectivity index (χ0v) is 12.1. The molecular weight excluding hydrogens is 230 g/mol. The number of amidine groups is 1. The molecule has 1 saturated heterocycles. The third-order valence-corrected chi connectivity index (χ3v) is 5.21. The average Bonchev–Trinajstić information content (AvgIpc) is 2.90. The van der Waals surface area contributed by atoms with Crippen LogP contribution in [-0.2, 0) is 0 Å². The fraction of sp³-hybridized carbons (Fsp3) is 0.923. The molecule has 1 saturated carbocycles. The number of likely N-dealkylation sites (N-methyl/N-ethyl adjacent to an activating group) is 1. The highest BCUT2D eigenvalue weighted by Crippen LogP contribution is 2.37. The van der Waals surface area contributed by atoms with Gasteiger partial charge < -0.3 is 10.2 Å². The van der Waals surface area contributed by atoms with E-state index in [9.17, 15) is 0 Å². The first kappa shape index (κ1) is 13.2. The van der Waals surface area contributed by atoms with Crippen LogP contribution in [0.25, 0.3) is 0 Å². The lowest BCUT2D eigenvalue weighted by molar-refractivity contribution is 0.282. The maximum atomic E-state index is 4.69. The fourth-order valence-corrected chi connectivity index (χ4v) is 3.72. The Morgan fingerprint density at radius 2 is 2.12 bits per heavy atom. The predicted molar refractivity (Wildman–Crippen MR) is 76.9 cm³/mol. The molecule has 2 fully saturated rings. The summed E-state index contributed by atoms with van der Waals surface area (Å²) in [5.41, 5.74) is 0.410. The SMILES string of the molecule is CC(C)N(C)CCN=C1NC2(CCCC2)CS1. The third-order valence-electron chi connectivity index (χ3n) is 4.01. The predicted octanol–water partition coefficient (Wildman–Crippen LogP) is 2.33. The molecule has 2 aliphatic rings. The maximum absolute atomic E-state index is 4.69. The zero-order valence-electron chi connectivity index (χ0n) is 11.3. The van der Waals surface area contributed by atoms with Crippen molar-refractivity contribution in [2.45, 2.75) is 51.1 Å². The van der Waals surface area contributed by atoms with Crippen molar-refractivity contribution in [3.63, 3.8) is 0 Å². The summed E-state index contributed by atoms with van der Waals surface area (Å²) in [7, 11) is 2.17. The van der Waals surface area contributed by atoms with Gasteiger partial charge in [-0.3, -0.25) is 4.99 Å². The molecule has 0 atom stereocenters. The second-order valence-corrected chi connectivity index (χ2v) is 6.63. The monoisotopic (exact) mass is 255 g/mol. The lowest BCUT2D eigenvalue weighted by Gasteiger charge is -2.22. The van der Waals surface area contributed by atoms with E-state index in [1.165, 1.54) is 36.6 Å². The van der Waals surface area contributed by atoms with Crippen LogP contribution in [0.5, 0.6) is 0 Å². The van der Waals surface area contributed by atoms with E-state index in [2.05, 4.69) is 31.1 Å². The van der Waals surface area contributed by atoms with E-state index in [1.54, 1.807) is 0 Å². The Morgan fingerprint density at radius 3 is 2.76 bits per heavy atom. The van der Waals surface area contributed by atoms with Crippen LogP contribution in [0.4, 0.5) is 0 Å². The Bertz CT molecular complexity index is 282. The first-order valence-corrected chi connectivity index (χ1v) is 7.76. The van der Waals surface area contributed by atoms with Gasteiger partial charge >= 0.3 is 0 Å². The highest BCUT2D eigenvalue weighted by atomic mass is 32.2. The Kier molecular flexibility index (Phi) is 4.36. The summed E-state index contributed by atoms with van der Waals surface area (Å²) in [6.07, 6.45) is 5.45. The number of aliphatic imine (C=N–C) groups is 1. The first-order valence-electron chi connectivity index (χ1n) is 6.77. The van der Waals surface area contributed by atoms with E-state index in [4.69, 9.17) is 4.99 Å². The molecule has 1 spiro atoms. The first-order chi connectivity index (χ1) is 8.11. The summed E-state index contributed by atoms with van der Waals surface area (Å²) in [6, 6.07) is 0.612. The highest BCUT2D eigenvalue weighted by Gasteiger charge is 2.39. The van der Waals surface area contributed by atoms with Gasteiger partial charge in [-0.2, -0.15) is 0 Å². The Hall–Kier alpha value is -0.220. The van der Waals surface area contributed by atoms with Gasteiger partial charge in [-0.1, -0.05) is 24.6 Å². The lowest BCUT2D eigenvalue weighted by atomic mass is 10.0. The molecule has 98 valence electrons. The van der Waals surface area contributed by atoms with E-state index in [1.807, 2.05) is 11.8 Å². The van der Waals surface area contributed by atoms with Gasteiger partial charge in [0, 0.05) is 23.9 Å². The molecule has 1 aliphatic heterocycles. The average molecular weight is 255 g/mol. The van der Waals surface area contributed by atoms with Gasteiger partial charge in [-0.05, 0) is 33.7 Å². The number of hydrogen-bond donors (Lipinski definition) is 1. The van der Waals surface area contributed by atoms with Gasteiger partial charge in [0.1, 0.15) is 0 Å². The molecule has 0 aromatic heterocycles. The van der Waals surface area contributed by atoms with Crippen LogP contribution in [0.2, 0.25) is 0 Å². The van der Waals surface area contributed by atoms with Crippen molar-refractivity contribution in [2.24, 2.45) is 4.99 Å². The van der Waals surface area contributed by atoms with Crippen LogP contribution in [0, 0.1) is 0 Å². The standard InChI is InChI=1S/C13H25N3S/c1-11(2)16(3)9-8-14-12-15-13(10-17-12)6-4-5-7-13/h11H,4-10H2,1-3H3,(H,14,15). The Labute approximate surface area is 109 Å². The Balaban J connectivity index is 1.76. The topological polar surface area (TPSA) is 27.6 Å². The minimum Gasteiger partial charge on any atom is -0.359 e. The van der Waals surface area contributed by atoms with Crippen molar-refractivity contribution >= 4 is 16.9 Å². The van der Waals surface area contributed by atoms with Gasteiger partial charge in [0.05, 0.1) is 6.54 Å². The van der Waals surface area contributed by atoms with Crippen LogP contribution >= 0.6 is 11.8 Å². The van der Waals surface area contributed by atoms with Crippen molar-refractivity contribution in [1.82, 2.24) is 10.2 Å². The summed E-state index contributed by atoms with van der Waals surface area (Å²) >= 11 is 1.92. The normalized spacial score (nSPS) is 25.4. The second kappa shape index (κ2) is 5.61. The van der Waals surface area contributed by atoms with Gasteiger partial charge in [-0.15, -0.1) is 0 Å². The number of nitrogens with zero attached hydrogens (tertiary/aromatic N) is 2. The summed E-state index contributed by atoms with van der Waals surface area (Å²) in [6.45, 7) is 6.42. The molecule has 0 aromatic carbocycles. The van der Waals surface area contributed by atoms with E-state index < -0.39 is 0 Å². The summed E-state index contributed by atoms with van der Waals surface area (Å²) in [4.78, 5) is 7.03. The van der Waals surface area contributed by atoms with Crippen molar-refractivity contribution < 1.29 is 0 Å². The quantitative estimate of drug-likeness (QED) is 0.835. The second-order valence-electron chi connectivity index (χ2n) is 5.66. The van der Waals surface area contributed by atoms with Crippen molar-refractivity contribution in [2.75, 3.05) is 25.9 Å². The maximum Gasteiger partial charge on any atom is 0.157 e. The van der Waals surface area contributed by atoms with Crippen LogP contribution in [0.3, 0.4) is 0 Å². The number of rotatable bonds is 4. The van der Waals surface area contributed by atoms with Crippen molar-refractivity contribution in [3.8, 4) is 0 Å². The fourth-order valence-electron chi connectivity index (χ4n) is 2.48. The van der Waals surface area contributed by atoms with E-state index >= 15 is 0 Å². The van der Waals surface area contributed by atoms with Gasteiger partial charge in [0.25, 0.3) is 0 Å². The van der Waals surface area contributed by atoms with Gasteiger partial charge in [0.2, 0.25) is 0 Å². The van der Waals surface area contributed by atoms with Crippen LogP contribution in [0.1, 0.15) is 39.5 Å². The molecule has 0 amide bonds. The largest absolute Gasteiger partial charge is 0.359 e. The third kappa shape index (κ3) is 3.38. The van der Waals surface area contributed by atoms with E-state index in [-0.39, 0.29) is 0 Å². The minimum absolute atomic E-state index is 0.410. The Morgan fingerprint density at radius 1 is 1.41 bits per heavy atom. The summed E-state index contributed by atoms with van der Waals surface area (Å²) in [5.74, 6) is 1.23. The molecule has 2 rings (SSSR count). The highest BCUT2D eigenvalue weighted by molar-refractivity contribution is 8.14. The smallest absolute Gasteiger partial charge is 0.157 e. The van der Waals surface area contributed by atoms with Crippen LogP contribution in [-0.4, -0.2) is 47.5 Å². The van der Waals surface area contributed by atoms with Crippen LogP contribution in [0.15, 0.2) is 4.99 Å². The molecule has 1 heterocycles. The number of hydrogen-bond acceptors (Lipinski definition) is 3. The molecule has 0 unspecified atom stereocenters. The molecule has 0 bridgehead atoms. The van der Waals surface area contributed by atoms with Crippen LogP contribution < -0.4 is 5.32 Å². The summed E-state index contributed by atoms with van der Waals surface area (Å²) < 4.78 is 0. The molecule has 17 heavy (non-hydrogen) atoms. The molecule has 0 radical (unpaired) electrons. The van der Waals surface area contributed by atoms with E-state index in [0.29, 0.717) is 11.6 Å². The lowest BCUT2D eigenvalue weighted by Crippen LogP contribution is -2.40. The summed E-state index contributed by atoms with van der Waals surface area (Å²) in [5, 5.41) is 4.85.